The summed E-state index contributed by atoms with van der Waals surface area (Å²) in [6.07, 6.45) is 3.93. The fourth-order valence-corrected chi connectivity index (χ4v) is 3.68. The smallest absolute Gasteiger partial charge is 0.260 e. The molecular weight excluding hydrogens is 366 g/mol. The number of nitrogens with one attached hydrogen (secondary N) is 2. The predicted molar refractivity (Wildman–Crippen MR) is 107 cm³/mol. The molecule has 0 saturated carbocycles. The van der Waals surface area contributed by atoms with Crippen LogP contribution in [0.5, 0.6) is 5.75 Å². The first-order valence-corrected chi connectivity index (χ1v) is 9.66. The Kier molecular flexibility index (Phi) is 8.88. The molecule has 2 atom stereocenters. The Bertz CT molecular complexity index is 593. The number of carbonyl (C=O) groups is 2. The van der Waals surface area contributed by atoms with Crippen LogP contribution in [0.2, 0.25) is 0 Å². The van der Waals surface area contributed by atoms with Gasteiger partial charge in [-0.1, -0.05) is 18.2 Å². The summed E-state index contributed by atoms with van der Waals surface area (Å²) in [6, 6.07) is 9.33. The molecule has 0 aromatic heterocycles. The molecule has 1 aromatic carbocycles. The van der Waals surface area contributed by atoms with Crippen LogP contribution < -0.4 is 15.4 Å². The zero-order chi connectivity index (χ0) is 18.2. The van der Waals surface area contributed by atoms with Gasteiger partial charge in [0, 0.05) is 19.6 Å². The molecule has 0 radical (unpaired) electrons. The van der Waals surface area contributed by atoms with Crippen LogP contribution in [0.4, 0.5) is 0 Å². The minimum absolute atomic E-state index is 0. The van der Waals surface area contributed by atoms with Gasteiger partial charge in [0.05, 0.1) is 5.92 Å². The van der Waals surface area contributed by atoms with Crippen LogP contribution >= 0.6 is 12.4 Å². The summed E-state index contributed by atoms with van der Waals surface area (Å²) in [6.45, 7) is 4.09. The molecule has 2 saturated heterocycles. The van der Waals surface area contributed by atoms with Crippen molar-refractivity contribution in [3.8, 4) is 5.75 Å². The highest BCUT2D eigenvalue weighted by Crippen LogP contribution is 2.18. The number of carbonyl (C=O) groups excluding carboxylic acids is 2. The normalized spacial score (nSPS) is 22.0. The SMILES string of the molecule is Cl.O=C(NCCC1CCNC1)C1CCCN(C(=O)COc2ccccc2)C1. The number of rotatable bonds is 7. The van der Waals surface area contributed by atoms with Crippen molar-refractivity contribution in [1.82, 2.24) is 15.5 Å². The van der Waals surface area contributed by atoms with Crippen LogP contribution in [0.25, 0.3) is 0 Å². The molecule has 2 aliphatic heterocycles. The van der Waals surface area contributed by atoms with Gasteiger partial charge in [-0.2, -0.15) is 0 Å². The van der Waals surface area contributed by atoms with Gasteiger partial charge in [-0.05, 0) is 56.8 Å². The van der Waals surface area contributed by atoms with Gasteiger partial charge < -0.3 is 20.3 Å². The number of hydrogen-bond acceptors (Lipinski definition) is 4. The summed E-state index contributed by atoms with van der Waals surface area (Å²) < 4.78 is 5.54. The number of benzene rings is 1. The summed E-state index contributed by atoms with van der Waals surface area (Å²) >= 11 is 0. The van der Waals surface area contributed by atoms with Crippen molar-refractivity contribution in [2.24, 2.45) is 11.8 Å². The number of para-hydroxylation sites is 1. The van der Waals surface area contributed by atoms with Crippen molar-refractivity contribution in [1.29, 1.82) is 0 Å². The molecule has 3 rings (SSSR count). The van der Waals surface area contributed by atoms with E-state index < -0.39 is 0 Å². The van der Waals surface area contributed by atoms with Crippen LogP contribution in [-0.4, -0.2) is 56.0 Å². The van der Waals surface area contributed by atoms with E-state index in [4.69, 9.17) is 4.74 Å². The summed E-state index contributed by atoms with van der Waals surface area (Å²) in [5.74, 6) is 1.29. The van der Waals surface area contributed by atoms with E-state index in [1.165, 1.54) is 6.42 Å². The van der Waals surface area contributed by atoms with Crippen molar-refractivity contribution >= 4 is 24.2 Å². The molecule has 2 heterocycles. The highest BCUT2D eigenvalue weighted by molar-refractivity contribution is 5.85. The zero-order valence-electron chi connectivity index (χ0n) is 15.7. The molecule has 6 nitrogen and oxygen atoms in total. The van der Waals surface area contributed by atoms with Gasteiger partial charge in [-0.3, -0.25) is 9.59 Å². The summed E-state index contributed by atoms with van der Waals surface area (Å²) in [7, 11) is 0. The quantitative estimate of drug-likeness (QED) is 0.739. The molecule has 2 unspecified atom stereocenters. The minimum atomic E-state index is -0.105. The monoisotopic (exact) mass is 395 g/mol. The van der Waals surface area contributed by atoms with E-state index in [1.54, 1.807) is 4.90 Å². The third-order valence-electron chi connectivity index (χ3n) is 5.26. The number of piperidine rings is 1. The van der Waals surface area contributed by atoms with Gasteiger partial charge >= 0.3 is 0 Å². The molecular formula is C20H30ClN3O3. The second-order valence-electron chi connectivity index (χ2n) is 7.22. The molecule has 2 aliphatic rings. The van der Waals surface area contributed by atoms with Crippen molar-refractivity contribution < 1.29 is 14.3 Å². The Balaban J connectivity index is 0.00000261. The lowest BCUT2D eigenvalue weighted by Crippen LogP contribution is -2.47. The number of hydrogen-bond donors (Lipinski definition) is 2. The Morgan fingerprint density at radius 3 is 2.78 bits per heavy atom. The molecule has 0 aliphatic carbocycles. The van der Waals surface area contributed by atoms with Crippen LogP contribution in [0.3, 0.4) is 0 Å². The number of halogens is 1. The average Bonchev–Trinajstić information content (AvgIpc) is 3.20. The van der Waals surface area contributed by atoms with Gasteiger partial charge in [0.1, 0.15) is 5.75 Å². The summed E-state index contributed by atoms with van der Waals surface area (Å²) in [5.41, 5.74) is 0. The van der Waals surface area contributed by atoms with Gasteiger partial charge in [-0.15, -0.1) is 12.4 Å². The molecule has 2 N–H and O–H groups in total. The fourth-order valence-electron chi connectivity index (χ4n) is 3.68. The molecule has 2 fully saturated rings. The zero-order valence-corrected chi connectivity index (χ0v) is 16.5. The maximum absolute atomic E-state index is 12.4. The third kappa shape index (κ3) is 6.70. The Morgan fingerprint density at radius 2 is 2.04 bits per heavy atom. The first-order valence-electron chi connectivity index (χ1n) is 9.66. The van der Waals surface area contributed by atoms with Crippen molar-refractivity contribution in [3.63, 3.8) is 0 Å². The Labute approximate surface area is 167 Å². The molecule has 1 aromatic rings. The standard InChI is InChI=1S/C20H29N3O3.ClH/c24-19(15-26-18-6-2-1-3-7-18)23-12-4-5-17(14-23)20(25)22-11-9-16-8-10-21-13-16;/h1-3,6-7,16-17,21H,4-5,8-15H2,(H,22,25);1H. The van der Waals surface area contributed by atoms with Gasteiger partial charge in [-0.25, -0.2) is 0 Å². The van der Waals surface area contributed by atoms with E-state index in [0.29, 0.717) is 24.8 Å². The highest BCUT2D eigenvalue weighted by atomic mass is 35.5. The molecule has 150 valence electrons. The van der Waals surface area contributed by atoms with Gasteiger partial charge in [0.15, 0.2) is 6.61 Å². The van der Waals surface area contributed by atoms with Crippen molar-refractivity contribution in [2.75, 3.05) is 39.3 Å². The molecule has 0 spiro atoms. The first-order chi connectivity index (χ1) is 12.7. The summed E-state index contributed by atoms with van der Waals surface area (Å²) in [5, 5.41) is 6.41. The average molecular weight is 396 g/mol. The van der Waals surface area contributed by atoms with Crippen LogP contribution in [0.1, 0.15) is 25.7 Å². The van der Waals surface area contributed by atoms with E-state index in [2.05, 4.69) is 10.6 Å². The van der Waals surface area contributed by atoms with Gasteiger partial charge in [0.2, 0.25) is 5.91 Å². The predicted octanol–water partition coefficient (Wildman–Crippen LogP) is 1.84. The highest BCUT2D eigenvalue weighted by Gasteiger charge is 2.28. The van der Waals surface area contributed by atoms with E-state index in [9.17, 15) is 9.59 Å². The molecule has 27 heavy (non-hydrogen) atoms. The van der Waals surface area contributed by atoms with Crippen LogP contribution in [0.15, 0.2) is 30.3 Å². The van der Waals surface area contributed by atoms with Crippen molar-refractivity contribution in [3.05, 3.63) is 30.3 Å². The fraction of sp³-hybridized carbons (Fsp3) is 0.600. The van der Waals surface area contributed by atoms with Crippen LogP contribution in [0, 0.1) is 11.8 Å². The third-order valence-corrected chi connectivity index (χ3v) is 5.26. The van der Waals surface area contributed by atoms with E-state index in [1.807, 2.05) is 30.3 Å². The lowest BCUT2D eigenvalue weighted by Gasteiger charge is -2.32. The maximum Gasteiger partial charge on any atom is 0.260 e. The second kappa shape index (κ2) is 11.1. The number of nitrogens with zero attached hydrogens (tertiary/aromatic N) is 1. The molecule has 0 bridgehead atoms. The number of ether oxygens (including phenoxy) is 1. The molecule has 2 amide bonds. The molecule has 7 heteroatoms. The Morgan fingerprint density at radius 1 is 1.22 bits per heavy atom. The van der Waals surface area contributed by atoms with Crippen LogP contribution in [-0.2, 0) is 9.59 Å². The minimum Gasteiger partial charge on any atom is -0.484 e. The van der Waals surface area contributed by atoms with Gasteiger partial charge in [0.25, 0.3) is 5.91 Å². The maximum atomic E-state index is 12.4. The Hall–Kier alpha value is -1.79. The van der Waals surface area contributed by atoms with Crippen molar-refractivity contribution in [2.45, 2.75) is 25.7 Å². The number of likely N-dealkylation sites (tertiary alicyclic amines) is 1. The topological polar surface area (TPSA) is 70.7 Å². The first kappa shape index (κ1) is 21.5. The summed E-state index contributed by atoms with van der Waals surface area (Å²) in [4.78, 5) is 26.6. The second-order valence-corrected chi connectivity index (χ2v) is 7.22. The van der Waals surface area contributed by atoms with E-state index >= 15 is 0 Å². The largest absolute Gasteiger partial charge is 0.484 e. The van der Waals surface area contributed by atoms with E-state index in [-0.39, 0.29) is 36.7 Å². The lowest BCUT2D eigenvalue weighted by molar-refractivity contribution is -0.137. The van der Waals surface area contributed by atoms with E-state index in [0.717, 1.165) is 38.9 Å². The number of amides is 2. The lowest BCUT2D eigenvalue weighted by atomic mass is 9.96.